The standard InChI is InChI=1S/C18H28N2O2.ClH/c1-3-10-19-11-12-20-18(21)16-5-4-13-22-17(16)15-8-6-14(2)7-9-15;/h6-9,16-17,19H,3-5,10-13H2,1-2H3,(H,20,21);1H. The zero-order valence-electron chi connectivity index (χ0n) is 14.1. The SMILES string of the molecule is CCCNCCNC(=O)C1CCCOC1c1ccc(C)cc1.Cl. The van der Waals surface area contributed by atoms with Crippen LogP contribution in [0.4, 0.5) is 0 Å². The molecule has 1 fully saturated rings. The Morgan fingerprint density at radius 3 is 2.65 bits per heavy atom. The molecule has 1 aliphatic rings. The summed E-state index contributed by atoms with van der Waals surface area (Å²) in [7, 11) is 0. The van der Waals surface area contributed by atoms with Gasteiger partial charge in [0.05, 0.1) is 12.0 Å². The number of ether oxygens (including phenoxy) is 1. The fourth-order valence-electron chi connectivity index (χ4n) is 2.84. The van der Waals surface area contributed by atoms with E-state index in [0.717, 1.165) is 44.5 Å². The van der Waals surface area contributed by atoms with E-state index in [1.54, 1.807) is 0 Å². The molecule has 0 saturated carbocycles. The molecule has 0 bridgehead atoms. The summed E-state index contributed by atoms with van der Waals surface area (Å²) in [6.07, 6.45) is 2.85. The summed E-state index contributed by atoms with van der Waals surface area (Å²) >= 11 is 0. The maximum Gasteiger partial charge on any atom is 0.226 e. The zero-order chi connectivity index (χ0) is 15.8. The quantitative estimate of drug-likeness (QED) is 0.750. The summed E-state index contributed by atoms with van der Waals surface area (Å²) in [6, 6.07) is 8.32. The van der Waals surface area contributed by atoms with Gasteiger partial charge in [0, 0.05) is 19.7 Å². The van der Waals surface area contributed by atoms with Gasteiger partial charge in [0.25, 0.3) is 0 Å². The highest BCUT2D eigenvalue weighted by molar-refractivity contribution is 5.85. The molecule has 2 rings (SSSR count). The molecule has 2 unspecified atom stereocenters. The minimum atomic E-state index is -0.113. The van der Waals surface area contributed by atoms with Crippen LogP contribution in [0.25, 0.3) is 0 Å². The molecule has 1 aromatic carbocycles. The fraction of sp³-hybridized carbons (Fsp3) is 0.611. The van der Waals surface area contributed by atoms with Crippen LogP contribution < -0.4 is 10.6 Å². The van der Waals surface area contributed by atoms with E-state index in [9.17, 15) is 4.79 Å². The molecule has 5 heteroatoms. The third kappa shape index (κ3) is 6.13. The van der Waals surface area contributed by atoms with Crippen LogP contribution in [0.2, 0.25) is 0 Å². The lowest BCUT2D eigenvalue weighted by atomic mass is 9.88. The van der Waals surface area contributed by atoms with Crippen LogP contribution in [-0.2, 0) is 9.53 Å². The molecule has 1 heterocycles. The number of halogens is 1. The Bertz CT molecular complexity index is 465. The Kier molecular flexibility index (Phi) is 9.22. The highest BCUT2D eigenvalue weighted by atomic mass is 35.5. The summed E-state index contributed by atoms with van der Waals surface area (Å²) in [5, 5.41) is 6.34. The molecule has 4 nitrogen and oxygen atoms in total. The van der Waals surface area contributed by atoms with E-state index in [2.05, 4.69) is 48.7 Å². The number of aryl methyl sites for hydroxylation is 1. The Morgan fingerprint density at radius 1 is 1.22 bits per heavy atom. The van der Waals surface area contributed by atoms with Crippen molar-refractivity contribution >= 4 is 18.3 Å². The van der Waals surface area contributed by atoms with E-state index in [1.807, 2.05) is 0 Å². The predicted octanol–water partition coefficient (Wildman–Crippen LogP) is 3.00. The molecule has 1 aromatic rings. The van der Waals surface area contributed by atoms with Crippen molar-refractivity contribution < 1.29 is 9.53 Å². The highest BCUT2D eigenvalue weighted by Crippen LogP contribution is 2.33. The number of hydrogen-bond acceptors (Lipinski definition) is 3. The highest BCUT2D eigenvalue weighted by Gasteiger charge is 2.32. The molecule has 0 aliphatic carbocycles. The van der Waals surface area contributed by atoms with Gasteiger partial charge in [-0.2, -0.15) is 0 Å². The number of carbonyl (C=O) groups excluding carboxylic acids is 1. The molecule has 1 saturated heterocycles. The van der Waals surface area contributed by atoms with Crippen LogP contribution in [-0.4, -0.2) is 32.1 Å². The molecule has 0 radical (unpaired) electrons. The van der Waals surface area contributed by atoms with Crippen molar-refractivity contribution in [1.29, 1.82) is 0 Å². The zero-order valence-corrected chi connectivity index (χ0v) is 15.0. The van der Waals surface area contributed by atoms with Crippen LogP contribution in [0.5, 0.6) is 0 Å². The van der Waals surface area contributed by atoms with Gasteiger partial charge in [-0.1, -0.05) is 36.8 Å². The summed E-state index contributed by atoms with van der Waals surface area (Å²) < 4.78 is 5.91. The maximum absolute atomic E-state index is 12.5. The minimum absolute atomic E-state index is 0. The first-order chi connectivity index (χ1) is 10.7. The Morgan fingerprint density at radius 2 is 1.96 bits per heavy atom. The normalized spacial score (nSPS) is 20.6. The van der Waals surface area contributed by atoms with Gasteiger partial charge in [0.2, 0.25) is 5.91 Å². The number of amides is 1. The fourth-order valence-corrected chi connectivity index (χ4v) is 2.84. The van der Waals surface area contributed by atoms with Crippen LogP contribution in [0, 0.1) is 12.8 Å². The second-order valence-corrected chi connectivity index (χ2v) is 5.99. The third-order valence-electron chi connectivity index (χ3n) is 4.09. The Balaban J connectivity index is 0.00000264. The van der Waals surface area contributed by atoms with Crippen molar-refractivity contribution in [2.45, 2.75) is 39.2 Å². The lowest BCUT2D eigenvalue weighted by Crippen LogP contribution is -2.40. The van der Waals surface area contributed by atoms with Crippen molar-refractivity contribution in [3.05, 3.63) is 35.4 Å². The van der Waals surface area contributed by atoms with Crippen molar-refractivity contribution in [2.24, 2.45) is 5.92 Å². The largest absolute Gasteiger partial charge is 0.373 e. The summed E-state index contributed by atoms with van der Waals surface area (Å²) in [5.41, 5.74) is 2.33. The van der Waals surface area contributed by atoms with Gasteiger partial charge in [-0.05, 0) is 38.3 Å². The second-order valence-electron chi connectivity index (χ2n) is 5.99. The van der Waals surface area contributed by atoms with Crippen molar-refractivity contribution in [2.75, 3.05) is 26.2 Å². The minimum Gasteiger partial charge on any atom is -0.373 e. The lowest BCUT2D eigenvalue weighted by Gasteiger charge is -2.31. The molecule has 130 valence electrons. The van der Waals surface area contributed by atoms with Crippen molar-refractivity contribution in [3.8, 4) is 0 Å². The molecule has 2 N–H and O–H groups in total. The van der Waals surface area contributed by atoms with E-state index < -0.39 is 0 Å². The van der Waals surface area contributed by atoms with Gasteiger partial charge >= 0.3 is 0 Å². The van der Waals surface area contributed by atoms with Crippen molar-refractivity contribution in [3.63, 3.8) is 0 Å². The number of hydrogen-bond donors (Lipinski definition) is 2. The molecular formula is C18H29ClN2O2. The van der Waals surface area contributed by atoms with E-state index in [-0.39, 0.29) is 30.3 Å². The van der Waals surface area contributed by atoms with Crippen LogP contribution in [0.15, 0.2) is 24.3 Å². The summed E-state index contributed by atoms with van der Waals surface area (Å²) in [5.74, 6) is 0.0335. The molecule has 0 spiro atoms. The number of carbonyl (C=O) groups is 1. The molecular weight excluding hydrogens is 312 g/mol. The Hall–Kier alpha value is -1.10. The second kappa shape index (κ2) is 10.6. The van der Waals surface area contributed by atoms with E-state index >= 15 is 0 Å². The first-order valence-electron chi connectivity index (χ1n) is 8.39. The number of nitrogens with one attached hydrogen (secondary N) is 2. The summed E-state index contributed by atoms with van der Waals surface area (Å²) in [4.78, 5) is 12.5. The van der Waals surface area contributed by atoms with Gasteiger partial charge in [0.15, 0.2) is 0 Å². The topological polar surface area (TPSA) is 50.4 Å². The first kappa shape index (κ1) is 19.9. The van der Waals surface area contributed by atoms with Gasteiger partial charge < -0.3 is 15.4 Å². The van der Waals surface area contributed by atoms with Crippen LogP contribution >= 0.6 is 12.4 Å². The van der Waals surface area contributed by atoms with Gasteiger partial charge in [-0.15, -0.1) is 12.4 Å². The van der Waals surface area contributed by atoms with Crippen molar-refractivity contribution in [1.82, 2.24) is 10.6 Å². The van der Waals surface area contributed by atoms with Gasteiger partial charge in [0.1, 0.15) is 0 Å². The number of rotatable bonds is 7. The van der Waals surface area contributed by atoms with E-state index in [1.165, 1.54) is 5.56 Å². The average molecular weight is 341 g/mol. The maximum atomic E-state index is 12.5. The van der Waals surface area contributed by atoms with Crippen LogP contribution in [0.3, 0.4) is 0 Å². The van der Waals surface area contributed by atoms with E-state index in [0.29, 0.717) is 6.54 Å². The molecule has 1 aliphatic heterocycles. The van der Waals surface area contributed by atoms with Crippen LogP contribution in [0.1, 0.15) is 43.4 Å². The molecule has 1 amide bonds. The van der Waals surface area contributed by atoms with Gasteiger partial charge in [-0.3, -0.25) is 4.79 Å². The third-order valence-corrected chi connectivity index (χ3v) is 4.09. The summed E-state index contributed by atoms with van der Waals surface area (Å²) in [6.45, 7) is 7.43. The monoisotopic (exact) mass is 340 g/mol. The number of benzene rings is 1. The Labute approximate surface area is 145 Å². The van der Waals surface area contributed by atoms with E-state index in [4.69, 9.17) is 4.74 Å². The smallest absolute Gasteiger partial charge is 0.226 e. The van der Waals surface area contributed by atoms with Gasteiger partial charge in [-0.25, -0.2) is 0 Å². The molecule has 2 atom stereocenters. The predicted molar refractivity (Wildman–Crippen MR) is 96.0 cm³/mol. The molecule has 0 aromatic heterocycles. The lowest BCUT2D eigenvalue weighted by molar-refractivity contribution is -0.134. The first-order valence-corrected chi connectivity index (χ1v) is 8.39. The average Bonchev–Trinajstić information content (AvgIpc) is 2.55. The molecule has 23 heavy (non-hydrogen) atoms.